The maximum Gasteiger partial charge on any atom is 0.191 e. The highest BCUT2D eigenvalue weighted by Gasteiger charge is 2.34. The van der Waals surface area contributed by atoms with Crippen LogP contribution in [0, 0.1) is 0 Å². The number of hydrogen-bond donors (Lipinski definition) is 3. The first kappa shape index (κ1) is 21.3. The average Bonchev–Trinajstić information content (AvgIpc) is 3.13. The van der Waals surface area contributed by atoms with Gasteiger partial charge >= 0.3 is 0 Å². The monoisotopic (exact) mass is 472 g/mol. The Labute approximate surface area is 174 Å². The second kappa shape index (κ2) is 9.78. The van der Waals surface area contributed by atoms with Gasteiger partial charge in [0.05, 0.1) is 18.2 Å². The standard InChI is InChI=1S/C20H32N4O.HI/c1-3-21-19(22-15-20(25)10-7-11-20)23-16(2)17-8-6-9-18(14-17)24-12-4-5-13-24;/h6,8-9,14,16,25H,3-5,7,10-13,15H2,1-2H3,(H2,21,22,23);1H. The van der Waals surface area contributed by atoms with E-state index in [0.717, 1.165) is 44.9 Å². The number of benzene rings is 1. The second-order valence-electron chi connectivity index (χ2n) is 7.43. The summed E-state index contributed by atoms with van der Waals surface area (Å²) in [5.74, 6) is 0.780. The van der Waals surface area contributed by atoms with E-state index >= 15 is 0 Å². The van der Waals surface area contributed by atoms with E-state index in [1.54, 1.807) is 0 Å². The van der Waals surface area contributed by atoms with Crippen LogP contribution in [0.5, 0.6) is 0 Å². The number of hydrogen-bond acceptors (Lipinski definition) is 3. The van der Waals surface area contributed by atoms with E-state index in [1.807, 2.05) is 0 Å². The highest BCUT2D eigenvalue weighted by molar-refractivity contribution is 14.0. The van der Waals surface area contributed by atoms with Gasteiger partial charge in [0.2, 0.25) is 0 Å². The smallest absolute Gasteiger partial charge is 0.191 e. The molecule has 0 spiro atoms. The molecule has 2 aliphatic rings. The van der Waals surface area contributed by atoms with Gasteiger partial charge in [-0.3, -0.25) is 4.99 Å². The Morgan fingerprint density at radius 2 is 2.00 bits per heavy atom. The molecular weight excluding hydrogens is 439 g/mol. The topological polar surface area (TPSA) is 59.9 Å². The van der Waals surface area contributed by atoms with Crippen molar-refractivity contribution >= 4 is 35.6 Å². The lowest BCUT2D eigenvalue weighted by Crippen LogP contribution is -2.43. The largest absolute Gasteiger partial charge is 0.388 e. The van der Waals surface area contributed by atoms with Crippen molar-refractivity contribution in [3.8, 4) is 0 Å². The van der Waals surface area contributed by atoms with E-state index < -0.39 is 5.60 Å². The lowest BCUT2D eigenvalue weighted by molar-refractivity contribution is -0.0236. The molecule has 0 bridgehead atoms. The summed E-state index contributed by atoms with van der Waals surface area (Å²) in [7, 11) is 0. The molecule has 3 N–H and O–H groups in total. The van der Waals surface area contributed by atoms with Gasteiger partial charge in [0.1, 0.15) is 0 Å². The molecule has 1 saturated carbocycles. The highest BCUT2D eigenvalue weighted by atomic mass is 127. The molecule has 1 saturated heterocycles. The lowest BCUT2D eigenvalue weighted by atomic mass is 9.80. The van der Waals surface area contributed by atoms with E-state index in [9.17, 15) is 5.11 Å². The summed E-state index contributed by atoms with van der Waals surface area (Å²) < 4.78 is 0. The zero-order valence-electron chi connectivity index (χ0n) is 16.0. The van der Waals surface area contributed by atoms with Crippen LogP contribution in [0.3, 0.4) is 0 Å². The maximum absolute atomic E-state index is 10.3. The normalized spacial score (nSPS) is 20.1. The number of rotatable bonds is 6. The Balaban J connectivity index is 0.00000243. The maximum atomic E-state index is 10.3. The molecule has 1 aliphatic carbocycles. The van der Waals surface area contributed by atoms with Crippen molar-refractivity contribution in [1.82, 2.24) is 10.6 Å². The molecule has 6 heteroatoms. The fraction of sp³-hybridized carbons (Fsp3) is 0.650. The minimum absolute atomic E-state index is 0. The summed E-state index contributed by atoms with van der Waals surface area (Å²) in [4.78, 5) is 7.07. The van der Waals surface area contributed by atoms with E-state index in [4.69, 9.17) is 0 Å². The molecule has 1 atom stereocenters. The quantitative estimate of drug-likeness (QED) is 0.337. The number of nitrogens with one attached hydrogen (secondary N) is 2. The molecule has 0 radical (unpaired) electrons. The Bertz CT molecular complexity index is 597. The van der Waals surface area contributed by atoms with Crippen molar-refractivity contribution in [3.05, 3.63) is 29.8 Å². The summed E-state index contributed by atoms with van der Waals surface area (Å²) in [5.41, 5.74) is 1.99. The number of guanidine groups is 1. The summed E-state index contributed by atoms with van der Waals surface area (Å²) in [6.07, 6.45) is 5.42. The molecular formula is C20H33IN4O. The van der Waals surface area contributed by atoms with Crippen LogP contribution in [0.2, 0.25) is 0 Å². The van der Waals surface area contributed by atoms with Crippen LogP contribution in [0.25, 0.3) is 0 Å². The number of anilines is 1. The fourth-order valence-corrected chi connectivity index (χ4v) is 3.54. The third-order valence-corrected chi connectivity index (χ3v) is 5.35. The molecule has 1 aliphatic heterocycles. The van der Waals surface area contributed by atoms with Crippen molar-refractivity contribution in [3.63, 3.8) is 0 Å². The van der Waals surface area contributed by atoms with Gasteiger partial charge in [-0.2, -0.15) is 0 Å². The van der Waals surface area contributed by atoms with Gasteiger partial charge in [-0.25, -0.2) is 0 Å². The van der Waals surface area contributed by atoms with Crippen molar-refractivity contribution in [2.24, 2.45) is 4.99 Å². The third kappa shape index (κ3) is 5.49. The Morgan fingerprint density at radius 3 is 2.62 bits per heavy atom. The number of nitrogens with zero attached hydrogens (tertiary/aromatic N) is 2. The van der Waals surface area contributed by atoms with E-state index in [0.29, 0.717) is 6.54 Å². The minimum atomic E-state index is -0.582. The van der Waals surface area contributed by atoms with Crippen molar-refractivity contribution in [2.75, 3.05) is 31.1 Å². The van der Waals surface area contributed by atoms with Crippen LogP contribution in [-0.4, -0.2) is 42.8 Å². The molecule has 5 nitrogen and oxygen atoms in total. The molecule has 1 aromatic carbocycles. The van der Waals surface area contributed by atoms with Crippen LogP contribution in [0.1, 0.15) is 57.6 Å². The van der Waals surface area contributed by atoms with E-state index in [2.05, 4.69) is 58.6 Å². The van der Waals surface area contributed by atoms with Gasteiger partial charge < -0.3 is 20.6 Å². The van der Waals surface area contributed by atoms with Crippen LogP contribution in [0.15, 0.2) is 29.3 Å². The first-order chi connectivity index (χ1) is 12.1. The number of aliphatic hydroxyl groups is 1. The molecule has 1 heterocycles. The van der Waals surface area contributed by atoms with Gasteiger partial charge in [0.25, 0.3) is 0 Å². The van der Waals surface area contributed by atoms with E-state index in [-0.39, 0.29) is 30.0 Å². The predicted octanol–water partition coefficient (Wildman–Crippen LogP) is 3.44. The third-order valence-electron chi connectivity index (χ3n) is 5.35. The van der Waals surface area contributed by atoms with Crippen molar-refractivity contribution in [1.29, 1.82) is 0 Å². The molecule has 0 aromatic heterocycles. The molecule has 26 heavy (non-hydrogen) atoms. The molecule has 3 rings (SSSR count). The predicted molar refractivity (Wildman–Crippen MR) is 120 cm³/mol. The summed E-state index contributed by atoms with van der Waals surface area (Å²) in [5, 5.41) is 17.0. The first-order valence-electron chi connectivity index (χ1n) is 9.72. The fourth-order valence-electron chi connectivity index (χ4n) is 3.54. The van der Waals surface area contributed by atoms with Crippen LogP contribution >= 0.6 is 24.0 Å². The highest BCUT2D eigenvalue weighted by Crippen LogP contribution is 2.31. The van der Waals surface area contributed by atoms with Gasteiger partial charge in [-0.15, -0.1) is 24.0 Å². The van der Waals surface area contributed by atoms with Crippen LogP contribution < -0.4 is 15.5 Å². The molecule has 2 fully saturated rings. The number of halogens is 1. The van der Waals surface area contributed by atoms with Crippen LogP contribution in [0.4, 0.5) is 5.69 Å². The molecule has 0 amide bonds. The van der Waals surface area contributed by atoms with Gasteiger partial charge in [0, 0.05) is 25.3 Å². The minimum Gasteiger partial charge on any atom is -0.388 e. The summed E-state index contributed by atoms with van der Waals surface area (Å²) in [6, 6.07) is 8.96. The number of aliphatic imine (C=N–C) groups is 1. The summed E-state index contributed by atoms with van der Waals surface area (Å²) >= 11 is 0. The second-order valence-corrected chi connectivity index (χ2v) is 7.43. The Kier molecular flexibility index (Phi) is 8.01. The zero-order valence-corrected chi connectivity index (χ0v) is 18.3. The zero-order chi connectivity index (χ0) is 17.7. The van der Waals surface area contributed by atoms with Crippen molar-refractivity contribution < 1.29 is 5.11 Å². The van der Waals surface area contributed by atoms with Crippen molar-refractivity contribution in [2.45, 2.75) is 57.6 Å². The van der Waals surface area contributed by atoms with E-state index in [1.165, 1.54) is 24.1 Å². The summed E-state index contributed by atoms with van der Waals surface area (Å²) in [6.45, 7) is 7.83. The Morgan fingerprint density at radius 1 is 1.27 bits per heavy atom. The SMILES string of the molecule is CCNC(=NCC1(O)CCC1)NC(C)c1cccc(N2CCCC2)c1.I. The average molecular weight is 472 g/mol. The first-order valence-corrected chi connectivity index (χ1v) is 9.72. The lowest BCUT2D eigenvalue weighted by Gasteiger charge is -2.35. The van der Waals surface area contributed by atoms with Gasteiger partial charge in [-0.1, -0.05) is 12.1 Å². The van der Waals surface area contributed by atoms with Gasteiger partial charge in [-0.05, 0) is 63.6 Å². The Hall–Kier alpha value is -1.02. The molecule has 1 aromatic rings. The van der Waals surface area contributed by atoms with Gasteiger partial charge in [0.15, 0.2) is 5.96 Å². The molecule has 146 valence electrons. The molecule has 1 unspecified atom stereocenters. The van der Waals surface area contributed by atoms with Crippen LogP contribution in [-0.2, 0) is 0 Å².